The lowest BCUT2D eigenvalue weighted by Crippen LogP contribution is -2.47. The van der Waals surface area contributed by atoms with Crippen molar-refractivity contribution in [2.45, 2.75) is 25.7 Å². The van der Waals surface area contributed by atoms with Crippen molar-refractivity contribution >= 4 is 0 Å². The van der Waals surface area contributed by atoms with Gasteiger partial charge in [0.2, 0.25) is 0 Å². The maximum Gasteiger partial charge on any atom is 0.0179 e. The molecule has 1 aliphatic rings. The van der Waals surface area contributed by atoms with Crippen molar-refractivity contribution in [3.63, 3.8) is 0 Å². The molecular weight excluding hydrogens is 150 g/mol. The van der Waals surface area contributed by atoms with Gasteiger partial charge in [-0.3, -0.25) is 0 Å². The number of hydrogen-bond acceptors (Lipinski definition) is 3. The fourth-order valence-electron chi connectivity index (χ4n) is 1.58. The maximum atomic E-state index is 2.28. The van der Waals surface area contributed by atoms with Gasteiger partial charge in [0, 0.05) is 34.2 Å². The summed E-state index contributed by atoms with van der Waals surface area (Å²) in [6, 6.07) is 0. The molecule has 72 valence electrons. The smallest absolute Gasteiger partial charge is 0.0179 e. The summed E-state index contributed by atoms with van der Waals surface area (Å²) >= 11 is 0. The topological polar surface area (TPSA) is 9.72 Å². The molecule has 1 rings (SSSR count). The predicted molar refractivity (Wildman–Crippen MR) is 51.5 cm³/mol. The molecule has 0 spiro atoms. The number of hydrazine groups is 2. The summed E-state index contributed by atoms with van der Waals surface area (Å²) in [4.78, 5) is 0. The van der Waals surface area contributed by atoms with Crippen LogP contribution in [-0.2, 0) is 0 Å². The third-order valence-electron chi connectivity index (χ3n) is 2.70. The molecule has 3 heteroatoms. The molecule has 1 saturated heterocycles. The van der Waals surface area contributed by atoms with Gasteiger partial charge in [0.15, 0.2) is 0 Å². The zero-order chi connectivity index (χ0) is 8.97. The maximum absolute atomic E-state index is 2.28. The van der Waals surface area contributed by atoms with Crippen LogP contribution in [0.1, 0.15) is 25.7 Å². The van der Waals surface area contributed by atoms with E-state index in [0.29, 0.717) is 0 Å². The van der Waals surface area contributed by atoms with E-state index in [1.54, 1.807) is 0 Å². The minimum atomic E-state index is 1.18. The lowest BCUT2D eigenvalue weighted by Gasteiger charge is -2.34. The molecule has 0 atom stereocenters. The summed E-state index contributed by atoms with van der Waals surface area (Å²) in [6.07, 6.45) is 5.42. The van der Waals surface area contributed by atoms with Gasteiger partial charge < -0.3 is 0 Å². The van der Waals surface area contributed by atoms with E-state index in [0.717, 1.165) is 0 Å². The van der Waals surface area contributed by atoms with Crippen LogP contribution in [0.3, 0.4) is 0 Å². The van der Waals surface area contributed by atoms with Crippen LogP contribution in [-0.4, -0.2) is 49.4 Å². The SMILES string of the molecule is CN1CCCCCCN(C)N1C. The van der Waals surface area contributed by atoms with Crippen LogP contribution in [0, 0.1) is 0 Å². The highest BCUT2D eigenvalue weighted by Crippen LogP contribution is 2.08. The van der Waals surface area contributed by atoms with Crippen LogP contribution in [0.2, 0.25) is 0 Å². The second-order valence-corrected chi connectivity index (χ2v) is 3.67. The van der Waals surface area contributed by atoms with E-state index in [1.165, 1.54) is 38.8 Å². The number of hydrogen-bond donors (Lipinski definition) is 0. The Balaban J connectivity index is 2.44. The molecule has 12 heavy (non-hydrogen) atoms. The molecular formula is C9H21N3. The minimum absolute atomic E-state index is 1.18. The molecule has 0 aromatic heterocycles. The molecule has 0 N–H and O–H groups in total. The summed E-state index contributed by atoms with van der Waals surface area (Å²) < 4.78 is 0. The highest BCUT2D eigenvalue weighted by atomic mass is 15.8. The van der Waals surface area contributed by atoms with Gasteiger partial charge >= 0.3 is 0 Å². The Labute approximate surface area is 75.9 Å². The van der Waals surface area contributed by atoms with Crippen LogP contribution >= 0.6 is 0 Å². The van der Waals surface area contributed by atoms with E-state index < -0.39 is 0 Å². The zero-order valence-corrected chi connectivity index (χ0v) is 8.58. The van der Waals surface area contributed by atoms with E-state index in [9.17, 15) is 0 Å². The van der Waals surface area contributed by atoms with Gasteiger partial charge in [-0.1, -0.05) is 12.8 Å². The molecule has 1 fully saturated rings. The van der Waals surface area contributed by atoms with Crippen molar-refractivity contribution in [1.29, 1.82) is 0 Å². The third kappa shape index (κ3) is 2.73. The number of rotatable bonds is 0. The molecule has 0 radical (unpaired) electrons. The van der Waals surface area contributed by atoms with Gasteiger partial charge in [0.25, 0.3) is 0 Å². The Kier molecular flexibility index (Phi) is 3.98. The van der Waals surface area contributed by atoms with Crippen molar-refractivity contribution in [2.75, 3.05) is 34.2 Å². The van der Waals surface area contributed by atoms with Gasteiger partial charge in [0.1, 0.15) is 0 Å². The van der Waals surface area contributed by atoms with Crippen molar-refractivity contribution in [3.05, 3.63) is 0 Å². The van der Waals surface area contributed by atoms with Crippen LogP contribution in [0.5, 0.6) is 0 Å². The summed E-state index contributed by atoms with van der Waals surface area (Å²) in [5.74, 6) is 0. The first-order valence-corrected chi connectivity index (χ1v) is 4.87. The van der Waals surface area contributed by atoms with Gasteiger partial charge in [0.05, 0.1) is 0 Å². The van der Waals surface area contributed by atoms with Crippen molar-refractivity contribution in [2.24, 2.45) is 0 Å². The third-order valence-corrected chi connectivity index (χ3v) is 2.70. The van der Waals surface area contributed by atoms with Crippen LogP contribution < -0.4 is 0 Å². The minimum Gasteiger partial charge on any atom is -0.231 e. The molecule has 3 nitrogen and oxygen atoms in total. The number of nitrogens with zero attached hydrogens (tertiary/aromatic N) is 3. The summed E-state index contributed by atoms with van der Waals surface area (Å²) in [5, 5.41) is 6.78. The second kappa shape index (κ2) is 4.80. The monoisotopic (exact) mass is 171 g/mol. The molecule has 0 unspecified atom stereocenters. The molecule has 0 aromatic carbocycles. The molecule has 0 aromatic rings. The van der Waals surface area contributed by atoms with Gasteiger partial charge in [-0.2, -0.15) is 5.12 Å². The highest BCUT2D eigenvalue weighted by molar-refractivity contribution is 4.54. The van der Waals surface area contributed by atoms with Crippen molar-refractivity contribution in [1.82, 2.24) is 15.1 Å². The Morgan fingerprint density at radius 3 is 1.50 bits per heavy atom. The summed E-state index contributed by atoms with van der Waals surface area (Å²) in [6.45, 7) is 2.36. The lowest BCUT2D eigenvalue weighted by molar-refractivity contribution is -0.137. The zero-order valence-electron chi connectivity index (χ0n) is 8.58. The summed E-state index contributed by atoms with van der Waals surface area (Å²) in [7, 11) is 6.44. The van der Waals surface area contributed by atoms with Crippen molar-refractivity contribution in [3.8, 4) is 0 Å². The first-order chi connectivity index (χ1) is 5.72. The van der Waals surface area contributed by atoms with E-state index in [-0.39, 0.29) is 0 Å². The average molecular weight is 171 g/mol. The molecule has 0 bridgehead atoms. The van der Waals surface area contributed by atoms with E-state index in [2.05, 4.69) is 36.3 Å². The molecule has 0 saturated carbocycles. The van der Waals surface area contributed by atoms with Gasteiger partial charge in [-0.05, 0) is 12.8 Å². The van der Waals surface area contributed by atoms with Crippen LogP contribution in [0.15, 0.2) is 0 Å². The first-order valence-electron chi connectivity index (χ1n) is 4.87. The largest absolute Gasteiger partial charge is 0.231 e. The fraction of sp³-hybridized carbons (Fsp3) is 1.00. The quantitative estimate of drug-likeness (QED) is 0.542. The van der Waals surface area contributed by atoms with E-state index in [1.807, 2.05) is 0 Å². The van der Waals surface area contributed by atoms with E-state index in [4.69, 9.17) is 0 Å². The van der Waals surface area contributed by atoms with Crippen LogP contribution in [0.25, 0.3) is 0 Å². The van der Waals surface area contributed by atoms with Gasteiger partial charge in [-0.15, -0.1) is 0 Å². The van der Waals surface area contributed by atoms with Crippen LogP contribution in [0.4, 0.5) is 0 Å². The molecule has 1 heterocycles. The standard InChI is InChI=1S/C9H21N3/c1-10-8-6-4-5-7-9-11(2)12(10)3/h4-9H2,1-3H3. The average Bonchev–Trinajstić information content (AvgIpc) is 2.12. The predicted octanol–water partition coefficient (Wildman–Crippen LogP) is 1.19. The first kappa shape index (κ1) is 9.96. The fourth-order valence-corrected chi connectivity index (χ4v) is 1.58. The lowest BCUT2D eigenvalue weighted by atomic mass is 10.2. The molecule has 0 amide bonds. The Hall–Kier alpha value is -0.120. The van der Waals surface area contributed by atoms with Crippen molar-refractivity contribution < 1.29 is 0 Å². The molecule has 1 aliphatic heterocycles. The Morgan fingerprint density at radius 1 is 0.667 bits per heavy atom. The Bertz CT molecular complexity index is 113. The second-order valence-electron chi connectivity index (χ2n) is 3.67. The van der Waals surface area contributed by atoms with Gasteiger partial charge in [-0.25, -0.2) is 10.0 Å². The van der Waals surface area contributed by atoms with E-state index >= 15 is 0 Å². The normalized spacial score (nSPS) is 26.2. The Morgan fingerprint density at radius 2 is 1.08 bits per heavy atom. The summed E-state index contributed by atoms with van der Waals surface area (Å²) in [5.41, 5.74) is 0. The highest BCUT2D eigenvalue weighted by Gasteiger charge is 2.12. The molecule has 0 aliphatic carbocycles.